The zero-order chi connectivity index (χ0) is 27.4. The molecule has 2 aromatic rings. The molecule has 36 heavy (non-hydrogen) atoms. The van der Waals surface area contributed by atoms with Crippen LogP contribution in [-0.4, -0.2) is 30.7 Å². The highest BCUT2D eigenvalue weighted by Gasteiger charge is 2.39. The smallest absolute Gasteiger partial charge is 0.342 e. The molecule has 2 aromatic carbocycles. The Balaban J connectivity index is 2.20. The molecule has 4 nitrogen and oxygen atoms in total. The normalized spacial score (nSPS) is 12.9. The van der Waals surface area contributed by atoms with Gasteiger partial charge in [-0.2, -0.15) is 26.3 Å². The van der Waals surface area contributed by atoms with Crippen molar-refractivity contribution in [2.45, 2.75) is 18.3 Å². The zero-order valence-electron chi connectivity index (χ0n) is 17.6. The van der Waals surface area contributed by atoms with Crippen molar-refractivity contribution in [3.8, 4) is 0 Å². The molecule has 194 valence electrons. The Morgan fingerprint density at radius 3 is 2.11 bits per heavy atom. The Labute approximate surface area is 224 Å². The van der Waals surface area contributed by atoms with Crippen LogP contribution < -0.4 is 10.6 Å². The fourth-order valence-corrected chi connectivity index (χ4v) is 3.93. The molecule has 0 aliphatic rings. The molecule has 0 aromatic heterocycles. The van der Waals surface area contributed by atoms with Gasteiger partial charge in [0.1, 0.15) is 6.54 Å². The van der Waals surface area contributed by atoms with E-state index in [2.05, 4.69) is 27.8 Å². The van der Waals surface area contributed by atoms with Gasteiger partial charge < -0.3 is 10.6 Å². The number of rotatable bonds is 7. The van der Waals surface area contributed by atoms with E-state index in [-0.39, 0.29) is 36.2 Å². The third kappa shape index (κ3) is 8.43. The lowest BCUT2D eigenvalue weighted by atomic mass is 9.97. The van der Waals surface area contributed by atoms with Crippen LogP contribution in [-0.2, 0) is 4.79 Å². The molecule has 0 bridgehead atoms. The topological polar surface area (TPSA) is 58.2 Å². The van der Waals surface area contributed by atoms with Gasteiger partial charge in [-0.3, -0.25) is 9.59 Å². The van der Waals surface area contributed by atoms with Crippen molar-refractivity contribution in [2.75, 3.05) is 6.54 Å². The first kappa shape index (κ1) is 30.0. The number of carbonyl (C=O) groups excluding carboxylic acids is 2. The van der Waals surface area contributed by atoms with E-state index in [1.165, 1.54) is 18.2 Å². The molecule has 0 saturated carbocycles. The number of amides is 2. The van der Waals surface area contributed by atoms with Crippen LogP contribution in [0.2, 0.25) is 15.1 Å². The van der Waals surface area contributed by atoms with Crippen molar-refractivity contribution < 1.29 is 35.9 Å². The van der Waals surface area contributed by atoms with E-state index < -0.39 is 42.3 Å². The number of nitrogens with one attached hydrogen (secondary N) is 2. The van der Waals surface area contributed by atoms with Crippen LogP contribution >= 0.6 is 50.7 Å². The van der Waals surface area contributed by atoms with Crippen LogP contribution in [0.5, 0.6) is 0 Å². The van der Waals surface area contributed by atoms with Crippen LogP contribution in [0.1, 0.15) is 27.4 Å². The number of alkyl halides is 6. The van der Waals surface area contributed by atoms with Crippen LogP contribution in [0, 0.1) is 0 Å². The largest absolute Gasteiger partial charge is 0.405 e. The molecular weight excluding hydrogens is 625 g/mol. The van der Waals surface area contributed by atoms with Gasteiger partial charge in [0.05, 0.1) is 32.2 Å². The molecule has 1 atom stereocenters. The molecule has 0 fully saturated rings. The molecule has 0 aliphatic carbocycles. The van der Waals surface area contributed by atoms with E-state index in [1.807, 2.05) is 0 Å². The SMILES string of the molecule is C=C(NC(=O)c1ccc(/C=C/C(c2cc(Cl)c(Cl)c(Cl)c2)C(F)(F)F)cc1Br)C(=O)NCC(F)(F)F. The first-order valence-electron chi connectivity index (χ1n) is 9.53. The van der Waals surface area contributed by atoms with Crippen molar-refractivity contribution in [2.24, 2.45) is 0 Å². The summed E-state index contributed by atoms with van der Waals surface area (Å²) in [7, 11) is 0. The Kier molecular flexibility index (Phi) is 9.91. The van der Waals surface area contributed by atoms with Crippen LogP contribution in [0.15, 0.2) is 53.2 Å². The first-order chi connectivity index (χ1) is 16.5. The lowest BCUT2D eigenvalue weighted by molar-refractivity contribution is -0.139. The van der Waals surface area contributed by atoms with Crippen LogP contribution in [0.25, 0.3) is 6.08 Å². The van der Waals surface area contributed by atoms with Crippen molar-refractivity contribution >= 4 is 68.6 Å². The molecule has 2 N–H and O–H groups in total. The second-order valence-electron chi connectivity index (χ2n) is 7.15. The standard InChI is InChI=1S/C22H14BrCl3F6N2O2/c1-10(19(35)33-9-21(27,28)29)34-20(36)13-4-2-11(6-15(13)23)3-5-14(22(30,31)32)12-7-16(24)18(26)17(25)8-12/h2-8,14H,1,9H2,(H,33,35)(H,34,36)/b5-3+. The Morgan fingerprint density at radius 2 is 1.61 bits per heavy atom. The molecule has 0 aliphatic heterocycles. The highest BCUT2D eigenvalue weighted by atomic mass is 79.9. The van der Waals surface area contributed by atoms with E-state index in [9.17, 15) is 35.9 Å². The van der Waals surface area contributed by atoms with E-state index >= 15 is 0 Å². The van der Waals surface area contributed by atoms with Gasteiger partial charge in [-0.15, -0.1) is 0 Å². The average Bonchev–Trinajstić information content (AvgIpc) is 2.74. The summed E-state index contributed by atoms with van der Waals surface area (Å²) >= 11 is 20.6. The van der Waals surface area contributed by atoms with Crippen molar-refractivity contribution in [1.82, 2.24) is 10.6 Å². The number of hydrogen-bond donors (Lipinski definition) is 2. The minimum atomic E-state index is -4.69. The van der Waals surface area contributed by atoms with Crippen molar-refractivity contribution in [1.29, 1.82) is 0 Å². The molecule has 0 heterocycles. The molecule has 2 rings (SSSR count). The predicted octanol–water partition coefficient (Wildman–Crippen LogP) is 7.69. The number of halogens is 10. The highest BCUT2D eigenvalue weighted by Crippen LogP contribution is 2.41. The number of allylic oxidation sites excluding steroid dienone is 1. The summed E-state index contributed by atoms with van der Waals surface area (Å²) in [4.78, 5) is 24.0. The van der Waals surface area contributed by atoms with Gasteiger partial charge in [0.15, 0.2) is 0 Å². The summed E-state index contributed by atoms with van der Waals surface area (Å²) < 4.78 is 77.8. The van der Waals surface area contributed by atoms with E-state index in [4.69, 9.17) is 34.8 Å². The number of hydrogen-bond acceptors (Lipinski definition) is 2. The molecular formula is C22H14BrCl3F6N2O2. The summed E-state index contributed by atoms with van der Waals surface area (Å²) in [5.74, 6) is -4.20. The van der Waals surface area contributed by atoms with Crippen LogP contribution in [0.4, 0.5) is 26.3 Å². The fraction of sp³-hybridized carbons (Fsp3) is 0.182. The highest BCUT2D eigenvalue weighted by molar-refractivity contribution is 9.10. The van der Waals surface area contributed by atoms with Crippen molar-refractivity contribution in [3.05, 3.63) is 84.9 Å². The van der Waals surface area contributed by atoms with Gasteiger partial charge >= 0.3 is 12.4 Å². The maximum absolute atomic E-state index is 13.7. The molecule has 1 unspecified atom stereocenters. The molecule has 0 spiro atoms. The van der Waals surface area contributed by atoms with Gasteiger partial charge in [-0.05, 0) is 51.3 Å². The fourth-order valence-electron chi connectivity index (χ4n) is 2.74. The number of carbonyl (C=O) groups is 2. The molecule has 2 amide bonds. The summed E-state index contributed by atoms with van der Waals surface area (Å²) in [5.41, 5.74) is -0.662. The third-order valence-corrected chi connectivity index (χ3v) is 6.28. The lowest BCUT2D eigenvalue weighted by Crippen LogP contribution is -2.39. The van der Waals surface area contributed by atoms with Gasteiger partial charge in [0.2, 0.25) is 0 Å². The maximum atomic E-state index is 13.7. The monoisotopic (exact) mass is 636 g/mol. The second-order valence-corrected chi connectivity index (χ2v) is 9.19. The summed E-state index contributed by atoms with van der Waals surface area (Å²) in [6.45, 7) is 1.60. The van der Waals surface area contributed by atoms with Gasteiger partial charge in [0.25, 0.3) is 11.8 Å². The van der Waals surface area contributed by atoms with Crippen LogP contribution in [0.3, 0.4) is 0 Å². The van der Waals surface area contributed by atoms with E-state index in [0.29, 0.717) is 0 Å². The lowest BCUT2D eigenvalue weighted by Gasteiger charge is -2.18. The Bertz CT molecular complexity index is 1190. The quantitative estimate of drug-likeness (QED) is 0.186. The molecule has 0 saturated heterocycles. The zero-order valence-corrected chi connectivity index (χ0v) is 21.5. The molecule has 0 radical (unpaired) electrons. The van der Waals surface area contributed by atoms with Gasteiger partial charge in [-0.1, -0.05) is 59.6 Å². The first-order valence-corrected chi connectivity index (χ1v) is 11.5. The minimum absolute atomic E-state index is 0.0550. The minimum Gasteiger partial charge on any atom is -0.342 e. The summed E-state index contributed by atoms with van der Waals surface area (Å²) in [6.07, 6.45) is -7.32. The predicted molar refractivity (Wildman–Crippen MR) is 129 cm³/mol. The third-order valence-electron chi connectivity index (χ3n) is 4.42. The summed E-state index contributed by atoms with van der Waals surface area (Å²) in [5, 5.41) is 3.24. The summed E-state index contributed by atoms with van der Waals surface area (Å²) in [6, 6.07) is 5.99. The number of benzene rings is 2. The maximum Gasteiger partial charge on any atom is 0.405 e. The second kappa shape index (κ2) is 11.9. The molecule has 14 heteroatoms. The van der Waals surface area contributed by atoms with Gasteiger partial charge in [-0.25, -0.2) is 0 Å². The van der Waals surface area contributed by atoms with Gasteiger partial charge in [0, 0.05) is 4.47 Å². The van der Waals surface area contributed by atoms with E-state index in [1.54, 1.807) is 5.32 Å². The average molecular weight is 639 g/mol. The van der Waals surface area contributed by atoms with Crippen molar-refractivity contribution in [3.63, 3.8) is 0 Å². The Hall–Kier alpha value is -2.21. The Morgan fingerprint density at radius 1 is 1.03 bits per heavy atom. The van der Waals surface area contributed by atoms with E-state index in [0.717, 1.165) is 24.3 Å².